The zero-order chi connectivity index (χ0) is 8.65. The van der Waals surface area contributed by atoms with E-state index in [4.69, 9.17) is 0 Å². The fourth-order valence-electron chi connectivity index (χ4n) is 1.24. The van der Waals surface area contributed by atoms with Crippen molar-refractivity contribution < 1.29 is 0 Å². The van der Waals surface area contributed by atoms with E-state index in [2.05, 4.69) is 29.4 Å². The lowest BCUT2D eigenvalue weighted by Crippen LogP contribution is -2.15. The van der Waals surface area contributed by atoms with Crippen molar-refractivity contribution in [2.45, 2.75) is 32.6 Å². The lowest BCUT2D eigenvalue weighted by Gasteiger charge is -1.93. The fraction of sp³-hybridized carbons (Fsp3) is 0.700. The van der Waals surface area contributed by atoms with Gasteiger partial charge in [-0.05, 0) is 18.9 Å². The number of amidine groups is 1. The third-order valence-electron chi connectivity index (χ3n) is 1.95. The molecule has 0 spiro atoms. The van der Waals surface area contributed by atoms with E-state index >= 15 is 0 Å². The van der Waals surface area contributed by atoms with Gasteiger partial charge in [-0.25, -0.2) is 0 Å². The van der Waals surface area contributed by atoms with Crippen molar-refractivity contribution in [2.24, 2.45) is 4.99 Å². The Kier molecular flexibility index (Phi) is 4.50. The van der Waals surface area contributed by atoms with Gasteiger partial charge in [0.1, 0.15) is 5.84 Å². The van der Waals surface area contributed by atoms with Gasteiger partial charge in [-0.2, -0.15) is 0 Å². The number of aliphatic imine (C=N–C) groups is 1. The molecular weight excluding hydrogens is 148 g/mol. The quantitative estimate of drug-likeness (QED) is 0.622. The maximum atomic E-state index is 4.27. The van der Waals surface area contributed by atoms with Crippen LogP contribution in [0.1, 0.15) is 32.6 Å². The van der Waals surface area contributed by atoms with Crippen molar-refractivity contribution in [1.82, 2.24) is 5.32 Å². The lowest BCUT2D eigenvalue weighted by atomic mass is 10.2. The molecule has 12 heavy (non-hydrogen) atoms. The number of allylic oxidation sites excluding steroid dienone is 1. The van der Waals surface area contributed by atoms with E-state index in [0.717, 1.165) is 18.9 Å². The van der Waals surface area contributed by atoms with Gasteiger partial charge in [0, 0.05) is 6.54 Å². The second kappa shape index (κ2) is 5.81. The van der Waals surface area contributed by atoms with Crippen molar-refractivity contribution in [2.75, 3.05) is 13.1 Å². The minimum absolute atomic E-state index is 0.939. The van der Waals surface area contributed by atoms with E-state index < -0.39 is 0 Å². The van der Waals surface area contributed by atoms with Crippen LogP contribution in [0.3, 0.4) is 0 Å². The SMILES string of the molecule is CCCCC/C=C/C1=NCCN1. The van der Waals surface area contributed by atoms with E-state index in [1.54, 1.807) is 0 Å². The first-order valence-electron chi connectivity index (χ1n) is 4.88. The molecule has 0 atom stereocenters. The predicted octanol–water partition coefficient (Wildman–Crippen LogP) is 2.12. The molecule has 68 valence electrons. The molecule has 0 aromatic rings. The van der Waals surface area contributed by atoms with E-state index in [-0.39, 0.29) is 0 Å². The van der Waals surface area contributed by atoms with Crippen LogP contribution in [0, 0.1) is 0 Å². The van der Waals surface area contributed by atoms with Gasteiger partial charge >= 0.3 is 0 Å². The summed E-state index contributed by atoms with van der Waals surface area (Å²) in [7, 11) is 0. The Morgan fingerprint density at radius 2 is 2.42 bits per heavy atom. The van der Waals surface area contributed by atoms with Gasteiger partial charge in [-0.3, -0.25) is 4.99 Å². The Morgan fingerprint density at radius 1 is 1.50 bits per heavy atom. The summed E-state index contributed by atoms with van der Waals surface area (Å²) < 4.78 is 0. The molecule has 1 heterocycles. The van der Waals surface area contributed by atoms with E-state index in [9.17, 15) is 0 Å². The van der Waals surface area contributed by atoms with Crippen molar-refractivity contribution in [3.05, 3.63) is 12.2 Å². The van der Waals surface area contributed by atoms with Crippen molar-refractivity contribution >= 4 is 5.84 Å². The van der Waals surface area contributed by atoms with Crippen LogP contribution in [-0.2, 0) is 0 Å². The molecule has 0 saturated carbocycles. The first kappa shape index (κ1) is 9.30. The number of hydrogen-bond acceptors (Lipinski definition) is 2. The number of nitrogens with zero attached hydrogens (tertiary/aromatic N) is 1. The summed E-state index contributed by atoms with van der Waals surface area (Å²) in [5.41, 5.74) is 0. The second-order valence-corrected chi connectivity index (χ2v) is 3.09. The van der Waals surface area contributed by atoms with Crippen LogP contribution in [0.2, 0.25) is 0 Å². The third-order valence-corrected chi connectivity index (χ3v) is 1.95. The van der Waals surface area contributed by atoms with Gasteiger partial charge in [0.2, 0.25) is 0 Å². The van der Waals surface area contributed by atoms with Crippen LogP contribution in [0.25, 0.3) is 0 Å². The summed E-state index contributed by atoms with van der Waals surface area (Å²) >= 11 is 0. The molecule has 0 amide bonds. The molecule has 0 aliphatic carbocycles. The molecule has 0 aromatic heterocycles. The average molecular weight is 166 g/mol. The van der Waals surface area contributed by atoms with E-state index in [1.165, 1.54) is 25.7 Å². The molecule has 1 aliphatic rings. The highest BCUT2D eigenvalue weighted by molar-refractivity contribution is 5.93. The Morgan fingerprint density at radius 3 is 3.08 bits per heavy atom. The van der Waals surface area contributed by atoms with Crippen LogP contribution < -0.4 is 5.32 Å². The zero-order valence-corrected chi connectivity index (χ0v) is 7.84. The molecule has 0 unspecified atom stereocenters. The predicted molar refractivity (Wildman–Crippen MR) is 53.6 cm³/mol. The second-order valence-electron chi connectivity index (χ2n) is 3.09. The summed E-state index contributed by atoms with van der Waals surface area (Å²) in [6.45, 7) is 4.18. The molecule has 2 nitrogen and oxygen atoms in total. The van der Waals surface area contributed by atoms with Crippen LogP contribution in [0.15, 0.2) is 17.1 Å². The molecule has 1 N–H and O–H groups in total. The Hall–Kier alpha value is -0.790. The molecule has 0 aromatic carbocycles. The molecule has 0 fully saturated rings. The van der Waals surface area contributed by atoms with Crippen molar-refractivity contribution in [1.29, 1.82) is 0 Å². The summed E-state index contributed by atoms with van der Waals surface area (Å²) in [5, 5.41) is 3.21. The Labute approximate surface area is 74.8 Å². The largest absolute Gasteiger partial charge is 0.369 e. The zero-order valence-electron chi connectivity index (χ0n) is 7.84. The standard InChI is InChI=1S/C10H18N2/c1-2-3-4-5-6-7-10-11-8-9-12-10/h6-7H,2-5,8-9H2,1H3,(H,11,12)/b7-6+. The monoisotopic (exact) mass is 166 g/mol. The molecule has 1 aliphatic heterocycles. The van der Waals surface area contributed by atoms with Gasteiger partial charge in [-0.1, -0.05) is 25.8 Å². The van der Waals surface area contributed by atoms with Crippen LogP contribution in [0.4, 0.5) is 0 Å². The van der Waals surface area contributed by atoms with Gasteiger partial charge in [0.15, 0.2) is 0 Å². The van der Waals surface area contributed by atoms with Crippen LogP contribution in [0.5, 0.6) is 0 Å². The molecule has 2 heteroatoms. The molecule has 0 bridgehead atoms. The van der Waals surface area contributed by atoms with E-state index in [0.29, 0.717) is 0 Å². The van der Waals surface area contributed by atoms with Crippen LogP contribution in [-0.4, -0.2) is 18.9 Å². The maximum absolute atomic E-state index is 4.27. The molecule has 0 saturated heterocycles. The summed E-state index contributed by atoms with van der Waals surface area (Å²) in [6, 6.07) is 0. The fourth-order valence-corrected chi connectivity index (χ4v) is 1.24. The lowest BCUT2D eigenvalue weighted by molar-refractivity contribution is 0.729. The first-order valence-corrected chi connectivity index (χ1v) is 4.88. The highest BCUT2D eigenvalue weighted by Crippen LogP contribution is 1.99. The highest BCUT2D eigenvalue weighted by atomic mass is 15.1. The smallest absolute Gasteiger partial charge is 0.120 e. The number of hydrogen-bond donors (Lipinski definition) is 1. The Bertz CT molecular complexity index is 171. The Balaban J connectivity index is 2.05. The number of unbranched alkanes of at least 4 members (excludes halogenated alkanes) is 3. The van der Waals surface area contributed by atoms with Gasteiger partial charge in [0.25, 0.3) is 0 Å². The van der Waals surface area contributed by atoms with E-state index in [1.807, 2.05) is 0 Å². The molecular formula is C10H18N2. The van der Waals surface area contributed by atoms with Crippen molar-refractivity contribution in [3.63, 3.8) is 0 Å². The summed E-state index contributed by atoms with van der Waals surface area (Å²) in [6.07, 6.45) is 9.45. The van der Waals surface area contributed by atoms with Crippen molar-refractivity contribution in [3.8, 4) is 0 Å². The number of nitrogens with one attached hydrogen (secondary N) is 1. The first-order chi connectivity index (χ1) is 5.93. The normalized spacial score (nSPS) is 16.6. The summed E-state index contributed by atoms with van der Waals surface area (Å²) in [4.78, 5) is 4.27. The maximum Gasteiger partial charge on any atom is 0.120 e. The molecule has 0 radical (unpaired) electrons. The molecule has 1 rings (SSSR count). The summed E-state index contributed by atoms with van der Waals surface area (Å²) in [5.74, 6) is 1.06. The average Bonchev–Trinajstić information content (AvgIpc) is 2.57. The number of rotatable bonds is 5. The van der Waals surface area contributed by atoms with Gasteiger partial charge in [-0.15, -0.1) is 0 Å². The topological polar surface area (TPSA) is 24.4 Å². The van der Waals surface area contributed by atoms with Gasteiger partial charge in [0.05, 0.1) is 6.54 Å². The third kappa shape index (κ3) is 3.56. The van der Waals surface area contributed by atoms with Gasteiger partial charge < -0.3 is 5.32 Å². The highest BCUT2D eigenvalue weighted by Gasteiger charge is 1.98. The minimum Gasteiger partial charge on any atom is -0.369 e. The minimum atomic E-state index is 0.939. The van der Waals surface area contributed by atoms with Crippen LogP contribution >= 0.6 is 0 Å².